The van der Waals surface area contributed by atoms with Crippen molar-refractivity contribution in [2.45, 2.75) is 310 Å². The Morgan fingerprint density at radius 1 is 0.400 bits per heavy atom. The van der Waals surface area contributed by atoms with Crippen LogP contribution in [0.25, 0.3) is 0 Å². The third-order valence-corrected chi connectivity index (χ3v) is 13.9. The first-order chi connectivity index (χ1) is 32.0. The number of likely N-dealkylation sites (N-methyl/N-ethyl adjacent to an activating group) is 1. The van der Waals surface area contributed by atoms with Crippen LogP contribution in [0, 0.1) is 0 Å². The first kappa shape index (κ1) is 64.3. The highest BCUT2D eigenvalue weighted by Gasteiger charge is 2.15. The van der Waals surface area contributed by atoms with Gasteiger partial charge < -0.3 is 30.1 Å². The Bertz CT molecular complexity index is 908. The van der Waals surface area contributed by atoms with E-state index in [-0.39, 0.29) is 18.2 Å². The van der Waals surface area contributed by atoms with Crippen LogP contribution >= 0.6 is 0 Å². The van der Waals surface area contributed by atoms with Gasteiger partial charge in [-0.05, 0) is 77.7 Å². The molecule has 7 heteroatoms. The molecule has 0 aromatic heterocycles. The van der Waals surface area contributed by atoms with Crippen LogP contribution < -0.4 is 5.32 Å². The molecule has 65 heavy (non-hydrogen) atoms. The molecular formula is C58H119N3O4. The molecule has 2 unspecified atom stereocenters. The van der Waals surface area contributed by atoms with Gasteiger partial charge in [-0.3, -0.25) is 4.79 Å². The minimum absolute atomic E-state index is 0.0712. The van der Waals surface area contributed by atoms with Gasteiger partial charge in [0.1, 0.15) is 0 Å². The SMILES string of the molecule is CCCCCCCCCCCCCCOC(=O)CCCCC(O)CN(CCCCCCCCCCCCCC)CCCCN(CCCCCCCCCCCCCC)CC(O)CNCC. The Morgan fingerprint density at radius 2 is 0.708 bits per heavy atom. The zero-order valence-electron chi connectivity index (χ0n) is 44.8. The van der Waals surface area contributed by atoms with Crippen LogP contribution in [0.2, 0.25) is 0 Å². The number of ether oxygens (including phenoxy) is 1. The number of esters is 1. The Labute approximate surface area is 407 Å². The maximum Gasteiger partial charge on any atom is 0.305 e. The molecule has 390 valence electrons. The molecule has 0 bridgehead atoms. The summed E-state index contributed by atoms with van der Waals surface area (Å²) in [4.78, 5) is 17.5. The molecule has 0 radical (unpaired) electrons. The van der Waals surface area contributed by atoms with Crippen LogP contribution in [-0.4, -0.2) is 97.2 Å². The standard InChI is InChI=1S/C58H119N3O4/c1-5-9-12-15-18-21-24-27-30-33-36-41-48-60(54-56(62)46-39-40-47-58(64)65-52-45-38-35-32-29-26-23-20-17-14-11-7-3)50-43-44-51-61(55-57(63)53-59-8-4)49-42-37-34-31-28-25-22-19-16-13-10-6-2/h56-57,59,62-63H,5-55H2,1-4H3. The Balaban J connectivity index is 4.65. The number of carbonyl (C=O) groups excluding carboxylic acids is 1. The molecule has 0 aromatic carbocycles. The number of hydrogen-bond acceptors (Lipinski definition) is 7. The predicted octanol–water partition coefficient (Wildman–Crippen LogP) is 15.9. The summed E-state index contributed by atoms with van der Waals surface area (Å²) in [6.45, 7) is 16.8. The second kappa shape index (κ2) is 54.2. The van der Waals surface area contributed by atoms with Crippen molar-refractivity contribution in [3.05, 3.63) is 0 Å². The van der Waals surface area contributed by atoms with Crippen molar-refractivity contribution < 1.29 is 19.7 Å². The Hall–Kier alpha value is -0.730. The Morgan fingerprint density at radius 3 is 1.06 bits per heavy atom. The van der Waals surface area contributed by atoms with Crippen molar-refractivity contribution in [1.82, 2.24) is 15.1 Å². The summed E-state index contributed by atoms with van der Waals surface area (Å²) in [6.07, 6.45) is 52.8. The van der Waals surface area contributed by atoms with Crippen LogP contribution in [0.5, 0.6) is 0 Å². The lowest BCUT2D eigenvalue weighted by Crippen LogP contribution is -2.39. The van der Waals surface area contributed by atoms with Crippen molar-refractivity contribution in [2.24, 2.45) is 0 Å². The van der Waals surface area contributed by atoms with Crippen molar-refractivity contribution in [1.29, 1.82) is 0 Å². The van der Waals surface area contributed by atoms with Crippen LogP contribution in [0.15, 0.2) is 0 Å². The minimum Gasteiger partial charge on any atom is -0.466 e. The first-order valence-corrected chi connectivity index (χ1v) is 29.6. The predicted molar refractivity (Wildman–Crippen MR) is 285 cm³/mol. The number of rotatable bonds is 56. The molecule has 0 saturated heterocycles. The highest BCUT2D eigenvalue weighted by atomic mass is 16.5. The molecule has 3 N–H and O–H groups in total. The summed E-state index contributed by atoms with van der Waals surface area (Å²) in [5.74, 6) is -0.0712. The lowest BCUT2D eigenvalue weighted by atomic mass is 10.0. The van der Waals surface area contributed by atoms with E-state index in [0.717, 1.165) is 90.8 Å². The van der Waals surface area contributed by atoms with Crippen LogP contribution in [-0.2, 0) is 9.53 Å². The monoisotopic (exact) mass is 922 g/mol. The van der Waals surface area contributed by atoms with Gasteiger partial charge in [0, 0.05) is 26.1 Å². The quantitative estimate of drug-likeness (QED) is 0.0414. The number of nitrogens with one attached hydrogen (secondary N) is 1. The Kier molecular flexibility index (Phi) is 53.6. The van der Waals surface area contributed by atoms with E-state index in [4.69, 9.17) is 4.74 Å². The average molecular weight is 923 g/mol. The summed E-state index contributed by atoms with van der Waals surface area (Å²) < 4.78 is 5.56. The number of unbranched alkanes of at least 4 members (excludes halogenated alkanes) is 35. The molecule has 0 aromatic rings. The largest absolute Gasteiger partial charge is 0.466 e. The molecule has 0 aliphatic heterocycles. The summed E-state index contributed by atoms with van der Waals surface area (Å²) in [7, 11) is 0. The van der Waals surface area contributed by atoms with Gasteiger partial charge in [-0.1, -0.05) is 246 Å². The lowest BCUT2D eigenvalue weighted by Gasteiger charge is -2.27. The third-order valence-electron chi connectivity index (χ3n) is 13.9. The van der Waals surface area contributed by atoms with E-state index in [9.17, 15) is 15.0 Å². The maximum absolute atomic E-state index is 12.4. The summed E-state index contributed by atoms with van der Waals surface area (Å²) in [6, 6.07) is 0. The molecule has 0 saturated carbocycles. The van der Waals surface area contributed by atoms with Crippen molar-refractivity contribution in [3.63, 3.8) is 0 Å². The molecule has 0 amide bonds. The van der Waals surface area contributed by atoms with E-state index in [1.165, 1.54) is 218 Å². The van der Waals surface area contributed by atoms with Crippen LogP contribution in [0.3, 0.4) is 0 Å². The van der Waals surface area contributed by atoms with Gasteiger partial charge in [0.05, 0.1) is 18.8 Å². The van der Waals surface area contributed by atoms with Crippen molar-refractivity contribution in [3.8, 4) is 0 Å². The van der Waals surface area contributed by atoms with Gasteiger partial charge in [0.25, 0.3) is 0 Å². The van der Waals surface area contributed by atoms with Gasteiger partial charge in [-0.25, -0.2) is 0 Å². The van der Waals surface area contributed by atoms with E-state index >= 15 is 0 Å². The van der Waals surface area contributed by atoms with Gasteiger partial charge in [0.2, 0.25) is 0 Å². The summed E-state index contributed by atoms with van der Waals surface area (Å²) >= 11 is 0. The van der Waals surface area contributed by atoms with Gasteiger partial charge >= 0.3 is 5.97 Å². The van der Waals surface area contributed by atoms with Crippen LogP contribution in [0.1, 0.15) is 297 Å². The molecular weight excluding hydrogens is 803 g/mol. The molecule has 0 rings (SSSR count). The average Bonchev–Trinajstić information content (AvgIpc) is 3.30. The highest BCUT2D eigenvalue weighted by molar-refractivity contribution is 5.69. The van der Waals surface area contributed by atoms with Crippen molar-refractivity contribution >= 4 is 5.97 Å². The second-order valence-corrected chi connectivity index (χ2v) is 20.6. The molecule has 0 aliphatic carbocycles. The molecule has 0 heterocycles. The maximum atomic E-state index is 12.4. The van der Waals surface area contributed by atoms with Gasteiger partial charge in [0.15, 0.2) is 0 Å². The fraction of sp³-hybridized carbons (Fsp3) is 0.983. The van der Waals surface area contributed by atoms with E-state index in [2.05, 4.69) is 42.8 Å². The zero-order chi connectivity index (χ0) is 47.4. The van der Waals surface area contributed by atoms with Crippen LogP contribution in [0.4, 0.5) is 0 Å². The van der Waals surface area contributed by atoms with Crippen molar-refractivity contribution in [2.75, 3.05) is 59.0 Å². The van der Waals surface area contributed by atoms with E-state index in [1.807, 2.05) is 0 Å². The molecule has 0 aliphatic rings. The molecule has 0 fully saturated rings. The second-order valence-electron chi connectivity index (χ2n) is 20.6. The van der Waals surface area contributed by atoms with Gasteiger partial charge in [-0.15, -0.1) is 0 Å². The zero-order valence-corrected chi connectivity index (χ0v) is 44.8. The van der Waals surface area contributed by atoms with E-state index < -0.39 is 0 Å². The number of carbonyl (C=O) groups is 1. The number of aliphatic hydroxyl groups excluding tert-OH is 2. The van der Waals surface area contributed by atoms with Gasteiger partial charge in [-0.2, -0.15) is 0 Å². The molecule has 2 atom stereocenters. The fourth-order valence-corrected chi connectivity index (χ4v) is 9.53. The number of hydrogen-bond donors (Lipinski definition) is 3. The highest BCUT2D eigenvalue weighted by Crippen LogP contribution is 2.16. The molecule has 7 nitrogen and oxygen atoms in total. The summed E-state index contributed by atoms with van der Waals surface area (Å²) in [5.41, 5.74) is 0. The normalized spacial score (nSPS) is 12.8. The topological polar surface area (TPSA) is 85.3 Å². The smallest absolute Gasteiger partial charge is 0.305 e. The lowest BCUT2D eigenvalue weighted by molar-refractivity contribution is -0.143. The van der Waals surface area contributed by atoms with E-state index in [0.29, 0.717) is 19.6 Å². The number of nitrogens with zero attached hydrogens (tertiary/aromatic N) is 2. The minimum atomic E-state index is -0.354. The van der Waals surface area contributed by atoms with E-state index in [1.54, 1.807) is 0 Å². The molecule has 0 spiro atoms. The summed E-state index contributed by atoms with van der Waals surface area (Å²) in [5, 5.41) is 25.3. The first-order valence-electron chi connectivity index (χ1n) is 29.6. The fourth-order valence-electron chi connectivity index (χ4n) is 9.53. The number of aliphatic hydroxyl groups is 2. The third kappa shape index (κ3) is 51.0.